The quantitative estimate of drug-likeness (QED) is 0.683. The molecule has 2 N–H and O–H groups in total. The van der Waals surface area contributed by atoms with Gasteiger partial charge in [0.15, 0.2) is 0 Å². The summed E-state index contributed by atoms with van der Waals surface area (Å²) in [5.41, 5.74) is 5.56. The van der Waals surface area contributed by atoms with Gasteiger partial charge >= 0.3 is 0 Å². The van der Waals surface area contributed by atoms with Crippen LogP contribution in [-0.2, 0) is 6.42 Å². The molecule has 1 atom stereocenters. The zero-order valence-electron chi connectivity index (χ0n) is 13.6. The van der Waals surface area contributed by atoms with E-state index in [-0.39, 0.29) is 6.04 Å². The fraction of sp³-hybridized carbons (Fsp3) is 0.250. The monoisotopic (exact) mass is 303 g/mol. The normalized spacial score (nSPS) is 12.0. The van der Waals surface area contributed by atoms with Gasteiger partial charge in [-0.1, -0.05) is 32.0 Å². The number of anilines is 1. The Balaban J connectivity index is 1.95. The molecule has 2 aromatic carbocycles. The highest BCUT2D eigenvalue weighted by Gasteiger charge is 2.17. The highest BCUT2D eigenvalue weighted by molar-refractivity contribution is 5.85. The van der Waals surface area contributed by atoms with E-state index in [1.807, 2.05) is 24.3 Å². The first-order valence-electron chi connectivity index (χ1n) is 8.13. The van der Waals surface area contributed by atoms with Crippen LogP contribution in [0.3, 0.4) is 0 Å². The average Bonchev–Trinajstić information content (AvgIpc) is 2.98. The van der Waals surface area contributed by atoms with Gasteiger partial charge in [0.25, 0.3) is 0 Å². The van der Waals surface area contributed by atoms with Crippen molar-refractivity contribution in [2.75, 3.05) is 5.32 Å². The van der Waals surface area contributed by atoms with E-state index in [0.717, 1.165) is 18.5 Å². The lowest BCUT2D eigenvalue weighted by molar-refractivity contribution is 0.721. The van der Waals surface area contributed by atoms with Gasteiger partial charge in [0.2, 0.25) is 0 Å². The Labute approximate surface area is 137 Å². The molecule has 0 amide bonds. The molecule has 1 aromatic heterocycles. The Hall–Kier alpha value is -2.73. The molecule has 0 saturated heterocycles. The zero-order valence-corrected chi connectivity index (χ0v) is 13.6. The van der Waals surface area contributed by atoms with Crippen molar-refractivity contribution in [3.63, 3.8) is 0 Å². The van der Waals surface area contributed by atoms with Gasteiger partial charge < -0.3 is 10.3 Å². The summed E-state index contributed by atoms with van der Waals surface area (Å²) in [7, 11) is 0. The molecule has 3 aromatic rings. The van der Waals surface area contributed by atoms with E-state index in [1.54, 1.807) is 0 Å². The van der Waals surface area contributed by atoms with Gasteiger partial charge in [-0.05, 0) is 48.7 Å². The summed E-state index contributed by atoms with van der Waals surface area (Å²) in [6.45, 7) is 4.39. The summed E-state index contributed by atoms with van der Waals surface area (Å²) in [5, 5.41) is 13.8. The number of hydrogen-bond donors (Lipinski definition) is 2. The van der Waals surface area contributed by atoms with Crippen LogP contribution in [0.1, 0.15) is 43.1 Å². The highest BCUT2D eigenvalue weighted by atomic mass is 14.9. The molecule has 0 unspecified atom stereocenters. The molecule has 1 heterocycles. The first kappa shape index (κ1) is 15.2. The molecule has 0 radical (unpaired) electrons. The van der Waals surface area contributed by atoms with Crippen LogP contribution in [0.15, 0.2) is 48.5 Å². The summed E-state index contributed by atoms with van der Waals surface area (Å²) < 4.78 is 0. The third-order valence-corrected chi connectivity index (χ3v) is 4.31. The fourth-order valence-corrected chi connectivity index (χ4v) is 3.12. The number of aromatic amines is 1. The van der Waals surface area contributed by atoms with Crippen molar-refractivity contribution in [1.29, 1.82) is 5.26 Å². The Bertz CT molecular complexity index is 837. The molecule has 0 bridgehead atoms. The van der Waals surface area contributed by atoms with E-state index < -0.39 is 0 Å². The molecule has 0 fully saturated rings. The standard InChI is InChI=1S/C20H21N3/c1-3-16-17-7-5-6-8-19(17)23-20(16)18(4-2)22-15-11-9-14(13-21)10-12-15/h5-12,18,22-23H,3-4H2,1-2H3/t18-/m1/s1. The number of nitriles is 1. The average molecular weight is 303 g/mol. The number of rotatable bonds is 5. The Morgan fingerprint density at radius 1 is 1.09 bits per heavy atom. The zero-order chi connectivity index (χ0) is 16.2. The molecule has 3 heteroatoms. The maximum atomic E-state index is 8.91. The largest absolute Gasteiger partial charge is 0.377 e. The van der Waals surface area contributed by atoms with E-state index >= 15 is 0 Å². The molecule has 0 spiro atoms. The van der Waals surface area contributed by atoms with Crippen molar-refractivity contribution in [3.05, 3.63) is 65.4 Å². The minimum absolute atomic E-state index is 0.227. The molecule has 3 rings (SSSR count). The number of H-pyrrole nitrogens is 1. The number of aromatic nitrogens is 1. The molecular formula is C20H21N3. The van der Waals surface area contributed by atoms with E-state index in [0.29, 0.717) is 5.56 Å². The molecule has 23 heavy (non-hydrogen) atoms. The van der Waals surface area contributed by atoms with Crippen LogP contribution in [0.4, 0.5) is 5.69 Å². The first-order chi connectivity index (χ1) is 11.3. The predicted octanol–water partition coefficient (Wildman–Crippen LogP) is 5.17. The van der Waals surface area contributed by atoms with Crippen LogP contribution < -0.4 is 5.32 Å². The van der Waals surface area contributed by atoms with Gasteiger partial charge in [0.1, 0.15) is 0 Å². The minimum atomic E-state index is 0.227. The lowest BCUT2D eigenvalue weighted by atomic mass is 10.0. The third-order valence-electron chi connectivity index (χ3n) is 4.31. The summed E-state index contributed by atoms with van der Waals surface area (Å²) >= 11 is 0. The van der Waals surface area contributed by atoms with Gasteiger partial charge in [-0.3, -0.25) is 0 Å². The number of fused-ring (bicyclic) bond motifs is 1. The Morgan fingerprint density at radius 2 is 1.83 bits per heavy atom. The number of aryl methyl sites for hydroxylation is 1. The minimum Gasteiger partial charge on any atom is -0.377 e. The smallest absolute Gasteiger partial charge is 0.0991 e. The molecule has 3 nitrogen and oxygen atoms in total. The maximum absolute atomic E-state index is 8.91. The molecule has 116 valence electrons. The molecule has 0 saturated carbocycles. The van der Waals surface area contributed by atoms with Crippen LogP contribution in [0, 0.1) is 11.3 Å². The van der Waals surface area contributed by atoms with Crippen LogP contribution in [0.25, 0.3) is 10.9 Å². The number of nitrogens with zero attached hydrogens (tertiary/aromatic N) is 1. The van der Waals surface area contributed by atoms with Crippen molar-refractivity contribution >= 4 is 16.6 Å². The van der Waals surface area contributed by atoms with Gasteiger partial charge in [-0.2, -0.15) is 5.26 Å². The number of benzene rings is 2. The number of para-hydroxylation sites is 1. The van der Waals surface area contributed by atoms with Crippen molar-refractivity contribution < 1.29 is 0 Å². The lowest BCUT2D eigenvalue weighted by Crippen LogP contribution is -2.12. The van der Waals surface area contributed by atoms with Crippen molar-refractivity contribution in [2.24, 2.45) is 0 Å². The Kier molecular flexibility index (Phi) is 4.34. The number of nitrogens with one attached hydrogen (secondary N) is 2. The van der Waals surface area contributed by atoms with Crippen molar-refractivity contribution in [3.8, 4) is 6.07 Å². The van der Waals surface area contributed by atoms with Gasteiger partial charge in [-0.25, -0.2) is 0 Å². The van der Waals surface area contributed by atoms with Crippen LogP contribution in [0.2, 0.25) is 0 Å². The highest BCUT2D eigenvalue weighted by Crippen LogP contribution is 2.31. The topological polar surface area (TPSA) is 51.6 Å². The lowest BCUT2D eigenvalue weighted by Gasteiger charge is -2.19. The van der Waals surface area contributed by atoms with E-state index in [1.165, 1.54) is 22.2 Å². The number of hydrogen-bond acceptors (Lipinski definition) is 2. The van der Waals surface area contributed by atoms with Crippen molar-refractivity contribution in [1.82, 2.24) is 4.98 Å². The van der Waals surface area contributed by atoms with Crippen LogP contribution >= 0.6 is 0 Å². The summed E-state index contributed by atoms with van der Waals surface area (Å²) in [6, 6.07) is 18.5. The fourth-order valence-electron chi connectivity index (χ4n) is 3.12. The summed E-state index contributed by atoms with van der Waals surface area (Å²) in [5.74, 6) is 0. The molecule has 0 aliphatic carbocycles. The van der Waals surface area contributed by atoms with Crippen LogP contribution in [0.5, 0.6) is 0 Å². The predicted molar refractivity (Wildman–Crippen MR) is 95.5 cm³/mol. The van der Waals surface area contributed by atoms with Crippen LogP contribution in [-0.4, -0.2) is 4.98 Å². The maximum Gasteiger partial charge on any atom is 0.0991 e. The Morgan fingerprint density at radius 3 is 2.48 bits per heavy atom. The van der Waals surface area contributed by atoms with E-state index in [4.69, 9.17) is 5.26 Å². The SMILES string of the molecule is CCc1c([C@@H](CC)Nc2ccc(C#N)cc2)[nH]c2ccccc12. The summed E-state index contributed by atoms with van der Waals surface area (Å²) in [4.78, 5) is 3.59. The molecule has 0 aliphatic rings. The second-order valence-corrected chi connectivity index (χ2v) is 5.71. The van der Waals surface area contributed by atoms with E-state index in [9.17, 15) is 0 Å². The second kappa shape index (κ2) is 6.58. The summed E-state index contributed by atoms with van der Waals surface area (Å²) in [6.07, 6.45) is 1.99. The van der Waals surface area contributed by atoms with E-state index in [2.05, 4.69) is 54.5 Å². The molecule has 0 aliphatic heterocycles. The van der Waals surface area contributed by atoms with Crippen molar-refractivity contribution in [2.45, 2.75) is 32.7 Å². The third kappa shape index (κ3) is 2.93. The molecular weight excluding hydrogens is 282 g/mol. The van der Waals surface area contributed by atoms with Gasteiger partial charge in [0, 0.05) is 22.3 Å². The first-order valence-corrected chi connectivity index (χ1v) is 8.13. The van der Waals surface area contributed by atoms with Gasteiger partial charge in [0.05, 0.1) is 17.7 Å². The second-order valence-electron chi connectivity index (χ2n) is 5.71. The van der Waals surface area contributed by atoms with Gasteiger partial charge in [-0.15, -0.1) is 0 Å².